The number of hydrogen-bond donors (Lipinski definition) is 3. The van der Waals surface area contributed by atoms with E-state index in [4.69, 9.17) is 5.11 Å². The number of hydrogen-bond acceptors (Lipinski definition) is 4. The highest BCUT2D eigenvalue weighted by atomic mass is 16.5. The van der Waals surface area contributed by atoms with E-state index in [0.717, 1.165) is 31.5 Å². The zero-order chi connectivity index (χ0) is 14.1. The molecule has 1 atom stereocenters. The van der Waals surface area contributed by atoms with Crippen LogP contribution in [0, 0.1) is 5.92 Å². The Bertz CT molecular complexity index is 371. The predicted molar refractivity (Wildman–Crippen MR) is 73.9 cm³/mol. The van der Waals surface area contributed by atoms with Crippen LogP contribution in [0.25, 0.3) is 0 Å². The van der Waals surface area contributed by atoms with Crippen LogP contribution < -0.4 is 5.32 Å². The summed E-state index contributed by atoms with van der Waals surface area (Å²) in [5, 5.41) is 12.3. The van der Waals surface area contributed by atoms with Gasteiger partial charge < -0.3 is 20.1 Å². The number of H-pyrrole nitrogens is 1. The Labute approximate surface area is 114 Å². The van der Waals surface area contributed by atoms with Crippen LogP contribution in [0.5, 0.6) is 0 Å². The van der Waals surface area contributed by atoms with Gasteiger partial charge in [0.05, 0.1) is 7.11 Å². The van der Waals surface area contributed by atoms with E-state index in [-0.39, 0.29) is 12.6 Å². The fourth-order valence-corrected chi connectivity index (χ4v) is 2.12. The van der Waals surface area contributed by atoms with Gasteiger partial charge in [-0.2, -0.15) is 0 Å². The van der Waals surface area contributed by atoms with Crippen LogP contribution in [0.3, 0.4) is 0 Å². The molecule has 0 spiro atoms. The number of aliphatic hydroxyl groups excluding tert-OH is 1. The average Bonchev–Trinajstić information content (AvgIpc) is 2.87. The second-order valence-electron chi connectivity index (χ2n) is 4.69. The number of carbonyl (C=O) groups is 1. The third-order valence-corrected chi connectivity index (χ3v) is 3.13. The minimum absolute atomic E-state index is 0.237. The predicted octanol–water partition coefficient (Wildman–Crippen LogP) is 1.69. The molecule has 5 heteroatoms. The van der Waals surface area contributed by atoms with Gasteiger partial charge in [0.2, 0.25) is 0 Å². The number of esters is 1. The van der Waals surface area contributed by atoms with Crippen LogP contribution in [-0.2, 0) is 11.3 Å². The Morgan fingerprint density at radius 3 is 2.89 bits per heavy atom. The molecule has 0 aromatic carbocycles. The maximum Gasteiger partial charge on any atom is 0.354 e. The van der Waals surface area contributed by atoms with Gasteiger partial charge in [-0.25, -0.2) is 4.79 Å². The van der Waals surface area contributed by atoms with Crippen molar-refractivity contribution < 1.29 is 14.6 Å². The molecule has 0 saturated carbocycles. The molecule has 1 aromatic rings. The summed E-state index contributed by atoms with van der Waals surface area (Å²) in [4.78, 5) is 14.3. The number of nitrogens with one attached hydrogen (secondary N) is 2. The van der Waals surface area contributed by atoms with E-state index in [1.54, 1.807) is 6.07 Å². The van der Waals surface area contributed by atoms with E-state index in [9.17, 15) is 4.79 Å². The van der Waals surface area contributed by atoms with E-state index >= 15 is 0 Å². The van der Waals surface area contributed by atoms with Crippen molar-refractivity contribution in [1.29, 1.82) is 0 Å². The summed E-state index contributed by atoms with van der Waals surface area (Å²) in [5.74, 6) is 0.153. The number of aromatic nitrogens is 1. The fraction of sp³-hybridized carbons (Fsp3) is 0.643. The molecule has 5 nitrogen and oxygen atoms in total. The van der Waals surface area contributed by atoms with Crippen LogP contribution in [0.2, 0.25) is 0 Å². The Hall–Kier alpha value is -1.33. The summed E-state index contributed by atoms with van der Waals surface area (Å²) in [5.41, 5.74) is 1.43. The minimum Gasteiger partial charge on any atom is -0.464 e. The number of aromatic amines is 1. The summed E-state index contributed by atoms with van der Waals surface area (Å²) < 4.78 is 4.64. The van der Waals surface area contributed by atoms with Crippen LogP contribution >= 0.6 is 0 Å². The Morgan fingerprint density at radius 2 is 2.26 bits per heavy atom. The Balaban J connectivity index is 2.35. The van der Waals surface area contributed by atoms with E-state index in [1.165, 1.54) is 7.11 Å². The zero-order valence-corrected chi connectivity index (χ0v) is 11.7. The minimum atomic E-state index is -0.351. The lowest BCUT2D eigenvalue weighted by molar-refractivity contribution is 0.0594. The molecule has 19 heavy (non-hydrogen) atoms. The monoisotopic (exact) mass is 268 g/mol. The standard InChI is InChI=1S/C14H24N2O3/c1-3-4-11(7-8-17)9-15-10-12-5-6-13(16-12)14(18)19-2/h5-6,11,15-17H,3-4,7-10H2,1-2H3. The molecule has 1 aromatic heterocycles. The van der Waals surface area contributed by atoms with Crippen molar-refractivity contribution in [3.8, 4) is 0 Å². The van der Waals surface area contributed by atoms with Gasteiger partial charge in [0.1, 0.15) is 5.69 Å². The number of rotatable bonds is 9. The van der Waals surface area contributed by atoms with E-state index in [2.05, 4.69) is 22.0 Å². The number of aliphatic hydroxyl groups is 1. The smallest absolute Gasteiger partial charge is 0.354 e. The summed E-state index contributed by atoms with van der Waals surface area (Å²) >= 11 is 0. The van der Waals surface area contributed by atoms with Gasteiger partial charge in [0.15, 0.2) is 0 Å². The van der Waals surface area contributed by atoms with Gasteiger partial charge in [-0.05, 0) is 37.4 Å². The lowest BCUT2D eigenvalue weighted by atomic mass is 10.0. The molecule has 0 saturated heterocycles. The first-order chi connectivity index (χ1) is 9.21. The molecular weight excluding hydrogens is 244 g/mol. The molecule has 0 amide bonds. The third-order valence-electron chi connectivity index (χ3n) is 3.13. The number of methoxy groups -OCH3 is 1. The van der Waals surface area contributed by atoms with Crippen LogP contribution in [0.4, 0.5) is 0 Å². The molecule has 0 aliphatic carbocycles. The molecule has 0 radical (unpaired) electrons. The van der Waals surface area contributed by atoms with Crippen molar-refractivity contribution in [3.63, 3.8) is 0 Å². The maximum absolute atomic E-state index is 11.3. The van der Waals surface area contributed by atoms with Crippen molar-refractivity contribution in [3.05, 3.63) is 23.5 Å². The highest BCUT2D eigenvalue weighted by Crippen LogP contribution is 2.10. The van der Waals surface area contributed by atoms with Crippen LogP contribution in [-0.4, -0.2) is 36.3 Å². The summed E-state index contributed by atoms with van der Waals surface area (Å²) in [7, 11) is 1.37. The van der Waals surface area contributed by atoms with Crippen LogP contribution in [0.1, 0.15) is 42.4 Å². The number of carbonyl (C=O) groups excluding carboxylic acids is 1. The van der Waals surface area contributed by atoms with E-state index in [0.29, 0.717) is 18.2 Å². The number of ether oxygens (including phenoxy) is 1. The van der Waals surface area contributed by atoms with Gasteiger partial charge in [0.25, 0.3) is 0 Å². The van der Waals surface area contributed by atoms with Gasteiger partial charge in [-0.3, -0.25) is 0 Å². The molecule has 0 bridgehead atoms. The van der Waals surface area contributed by atoms with Crippen molar-refractivity contribution in [2.45, 2.75) is 32.7 Å². The fourth-order valence-electron chi connectivity index (χ4n) is 2.12. The zero-order valence-electron chi connectivity index (χ0n) is 11.7. The topological polar surface area (TPSA) is 74.3 Å². The molecule has 1 unspecified atom stereocenters. The highest BCUT2D eigenvalue weighted by Gasteiger charge is 2.09. The van der Waals surface area contributed by atoms with Gasteiger partial charge >= 0.3 is 5.97 Å². The van der Waals surface area contributed by atoms with Crippen molar-refractivity contribution in [2.75, 3.05) is 20.3 Å². The summed E-state index contributed by atoms with van der Waals surface area (Å²) in [6.45, 7) is 3.95. The normalized spacial score (nSPS) is 12.4. The molecule has 3 N–H and O–H groups in total. The molecule has 0 fully saturated rings. The Kier molecular flexibility index (Phi) is 7.22. The molecular formula is C14H24N2O3. The molecule has 0 aliphatic rings. The first-order valence-electron chi connectivity index (χ1n) is 6.79. The van der Waals surface area contributed by atoms with Crippen LogP contribution in [0.15, 0.2) is 12.1 Å². The first kappa shape index (κ1) is 15.7. The molecule has 1 rings (SSSR count). The third kappa shape index (κ3) is 5.44. The van der Waals surface area contributed by atoms with E-state index in [1.807, 2.05) is 6.07 Å². The van der Waals surface area contributed by atoms with Gasteiger partial charge in [-0.1, -0.05) is 13.3 Å². The maximum atomic E-state index is 11.3. The average molecular weight is 268 g/mol. The lowest BCUT2D eigenvalue weighted by Crippen LogP contribution is -2.23. The highest BCUT2D eigenvalue weighted by molar-refractivity contribution is 5.87. The van der Waals surface area contributed by atoms with Crippen molar-refractivity contribution in [1.82, 2.24) is 10.3 Å². The SMILES string of the molecule is CCCC(CCO)CNCc1ccc(C(=O)OC)[nH]1. The summed E-state index contributed by atoms with van der Waals surface area (Å²) in [6.07, 6.45) is 3.08. The Morgan fingerprint density at radius 1 is 1.47 bits per heavy atom. The summed E-state index contributed by atoms with van der Waals surface area (Å²) in [6, 6.07) is 3.60. The molecule has 0 aliphatic heterocycles. The lowest BCUT2D eigenvalue weighted by Gasteiger charge is -2.15. The molecule has 108 valence electrons. The second-order valence-corrected chi connectivity index (χ2v) is 4.69. The second kappa shape index (κ2) is 8.72. The van der Waals surface area contributed by atoms with Crippen molar-refractivity contribution >= 4 is 5.97 Å². The molecule has 1 heterocycles. The van der Waals surface area contributed by atoms with Crippen molar-refractivity contribution in [2.24, 2.45) is 5.92 Å². The van der Waals surface area contributed by atoms with Gasteiger partial charge in [-0.15, -0.1) is 0 Å². The van der Waals surface area contributed by atoms with E-state index < -0.39 is 0 Å². The quantitative estimate of drug-likeness (QED) is 0.596. The van der Waals surface area contributed by atoms with Gasteiger partial charge in [0, 0.05) is 18.8 Å². The largest absolute Gasteiger partial charge is 0.464 e. The first-order valence-corrected chi connectivity index (χ1v) is 6.79.